The van der Waals surface area contributed by atoms with E-state index in [4.69, 9.17) is 9.72 Å². The Bertz CT molecular complexity index is 1120. The first kappa shape index (κ1) is 19.9. The number of nitrogens with zero attached hydrogens (tertiary/aromatic N) is 1. The molecule has 1 heterocycles. The molecule has 150 valence electrons. The van der Waals surface area contributed by atoms with E-state index in [-0.39, 0.29) is 5.91 Å². The molecule has 3 aromatic carbocycles. The zero-order chi connectivity index (χ0) is 20.8. The smallest absolute Gasteiger partial charge is 0.224 e. The van der Waals surface area contributed by atoms with Gasteiger partial charge in [-0.1, -0.05) is 60.7 Å². The summed E-state index contributed by atoms with van der Waals surface area (Å²) in [7, 11) is 1.63. The molecule has 0 saturated carbocycles. The van der Waals surface area contributed by atoms with Gasteiger partial charge >= 0.3 is 0 Å². The van der Waals surface area contributed by atoms with Gasteiger partial charge in [0.1, 0.15) is 10.8 Å². The van der Waals surface area contributed by atoms with Crippen molar-refractivity contribution in [2.45, 2.75) is 13.0 Å². The number of carbonyl (C=O) groups excluding carboxylic acids is 1. The summed E-state index contributed by atoms with van der Waals surface area (Å²) in [4.78, 5) is 17.1. The van der Waals surface area contributed by atoms with Crippen molar-refractivity contribution in [3.63, 3.8) is 0 Å². The van der Waals surface area contributed by atoms with E-state index in [1.165, 1.54) is 0 Å². The highest BCUT2D eigenvalue weighted by atomic mass is 32.1. The molecule has 0 atom stereocenters. The maximum absolute atomic E-state index is 12.3. The Morgan fingerprint density at radius 2 is 1.70 bits per heavy atom. The number of nitrogens with one attached hydrogen (secondary N) is 1. The topological polar surface area (TPSA) is 51.2 Å². The molecule has 0 unspecified atom stereocenters. The van der Waals surface area contributed by atoms with E-state index in [0.29, 0.717) is 13.0 Å². The molecule has 0 aliphatic heterocycles. The molecule has 4 nitrogen and oxygen atoms in total. The fourth-order valence-corrected chi connectivity index (χ4v) is 3.98. The van der Waals surface area contributed by atoms with Crippen LogP contribution in [-0.2, 0) is 17.8 Å². The van der Waals surface area contributed by atoms with E-state index < -0.39 is 0 Å². The number of hydrogen-bond acceptors (Lipinski definition) is 4. The van der Waals surface area contributed by atoms with Crippen molar-refractivity contribution in [3.05, 3.63) is 95.4 Å². The number of benzene rings is 3. The molecule has 0 bridgehead atoms. The molecular weight excluding hydrogens is 392 g/mol. The highest BCUT2D eigenvalue weighted by molar-refractivity contribution is 7.13. The third-order valence-electron chi connectivity index (χ3n) is 4.76. The number of aromatic nitrogens is 1. The molecule has 4 aromatic rings. The van der Waals surface area contributed by atoms with Gasteiger partial charge in [0, 0.05) is 23.1 Å². The molecule has 4 rings (SSSR count). The fraction of sp³-hybridized carbons (Fsp3) is 0.120. The predicted octanol–water partition coefficient (Wildman–Crippen LogP) is 5.34. The largest absolute Gasteiger partial charge is 0.497 e. The fourth-order valence-electron chi connectivity index (χ4n) is 3.15. The average Bonchev–Trinajstić information content (AvgIpc) is 3.30. The molecule has 30 heavy (non-hydrogen) atoms. The molecule has 1 amide bonds. The molecular formula is C25H22N2O2S. The molecule has 5 heteroatoms. The van der Waals surface area contributed by atoms with Gasteiger partial charge in [-0.05, 0) is 29.3 Å². The Morgan fingerprint density at radius 3 is 2.47 bits per heavy atom. The van der Waals surface area contributed by atoms with Crippen molar-refractivity contribution in [2.24, 2.45) is 0 Å². The zero-order valence-corrected chi connectivity index (χ0v) is 17.5. The van der Waals surface area contributed by atoms with Crippen LogP contribution < -0.4 is 10.1 Å². The van der Waals surface area contributed by atoms with Gasteiger partial charge in [-0.2, -0.15) is 0 Å². The Balaban J connectivity index is 1.39. The Morgan fingerprint density at radius 1 is 0.933 bits per heavy atom. The van der Waals surface area contributed by atoms with Gasteiger partial charge < -0.3 is 10.1 Å². The number of methoxy groups -OCH3 is 1. The first-order chi connectivity index (χ1) is 14.7. The minimum atomic E-state index is -0.00816. The molecule has 0 aliphatic rings. The van der Waals surface area contributed by atoms with Gasteiger partial charge in [0.05, 0.1) is 19.2 Å². The second-order valence-electron chi connectivity index (χ2n) is 6.91. The minimum Gasteiger partial charge on any atom is -0.497 e. The average molecular weight is 415 g/mol. The first-order valence-electron chi connectivity index (χ1n) is 9.71. The SMILES string of the molecule is COc1ccc(CC(=O)NCc2cccc(-c3nc(-c4ccccc4)cs3)c2)cc1. The lowest BCUT2D eigenvalue weighted by molar-refractivity contribution is -0.120. The minimum absolute atomic E-state index is 0.00816. The lowest BCUT2D eigenvalue weighted by Crippen LogP contribution is -2.24. The normalized spacial score (nSPS) is 10.6. The number of hydrogen-bond donors (Lipinski definition) is 1. The molecule has 0 fully saturated rings. The van der Waals surface area contributed by atoms with Crippen LogP contribution in [0.1, 0.15) is 11.1 Å². The number of rotatable bonds is 7. The lowest BCUT2D eigenvalue weighted by Gasteiger charge is -2.07. The van der Waals surface area contributed by atoms with Gasteiger partial charge in [-0.25, -0.2) is 4.98 Å². The van der Waals surface area contributed by atoms with Gasteiger partial charge in [-0.15, -0.1) is 11.3 Å². The van der Waals surface area contributed by atoms with Crippen molar-refractivity contribution in [1.82, 2.24) is 10.3 Å². The molecule has 0 aliphatic carbocycles. The van der Waals surface area contributed by atoms with Crippen LogP contribution in [0.3, 0.4) is 0 Å². The van der Waals surface area contributed by atoms with Crippen LogP contribution in [0.5, 0.6) is 5.75 Å². The molecule has 0 spiro atoms. The van der Waals surface area contributed by atoms with Crippen LogP contribution >= 0.6 is 11.3 Å². The Kier molecular flexibility index (Phi) is 6.20. The van der Waals surface area contributed by atoms with Crippen LogP contribution in [0.25, 0.3) is 21.8 Å². The molecule has 0 saturated heterocycles. The monoisotopic (exact) mass is 414 g/mol. The van der Waals surface area contributed by atoms with Crippen molar-refractivity contribution < 1.29 is 9.53 Å². The second kappa shape index (κ2) is 9.37. The highest BCUT2D eigenvalue weighted by Gasteiger charge is 2.08. The van der Waals surface area contributed by atoms with Crippen LogP contribution in [0.15, 0.2) is 84.2 Å². The predicted molar refractivity (Wildman–Crippen MR) is 122 cm³/mol. The molecule has 1 N–H and O–H groups in total. The summed E-state index contributed by atoms with van der Waals surface area (Å²) >= 11 is 1.63. The summed E-state index contributed by atoms with van der Waals surface area (Å²) in [5.74, 6) is 0.778. The summed E-state index contributed by atoms with van der Waals surface area (Å²) in [6.45, 7) is 0.486. The van der Waals surface area contributed by atoms with E-state index >= 15 is 0 Å². The van der Waals surface area contributed by atoms with Gasteiger partial charge in [0.15, 0.2) is 0 Å². The van der Waals surface area contributed by atoms with E-state index in [2.05, 4.69) is 35.0 Å². The standard InChI is InChI=1S/C25H22N2O2S/c1-29-22-12-10-18(11-13-22)15-24(28)26-16-19-6-5-9-21(14-19)25-27-23(17-30-25)20-7-3-2-4-8-20/h2-14,17H,15-16H2,1H3,(H,26,28). The summed E-state index contributed by atoms with van der Waals surface area (Å²) in [5, 5.41) is 6.05. The Labute approximate surface area is 180 Å². The van der Waals surface area contributed by atoms with Crippen molar-refractivity contribution >= 4 is 17.2 Å². The Hall–Kier alpha value is -3.44. The van der Waals surface area contributed by atoms with E-state index in [0.717, 1.165) is 38.7 Å². The zero-order valence-electron chi connectivity index (χ0n) is 16.7. The van der Waals surface area contributed by atoms with E-state index in [1.807, 2.05) is 54.6 Å². The van der Waals surface area contributed by atoms with Crippen molar-refractivity contribution in [3.8, 4) is 27.6 Å². The van der Waals surface area contributed by atoms with Crippen LogP contribution in [0, 0.1) is 0 Å². The maximum Gasteiger partial charge on any atom is 0.224 e. The van der Waals surface area contributed by atoms with Gasteiger partial charge in [0.2, 0.25) is 5.91 Å². The highest BCUT2D eigenvalue weighted by Crippen LogP contribution is 2.29. The quantitative estimate of drug-likeness (QED) is 0.444. The number of ether oxygens (including phenoxy) is 1. The second-order valence-corrected chi connectivity index (χ2v) is 7.76. The third-order valence-corrected chi connectivity index (χ3v) is 5.65. The van der Waals surface area contributed by atoms with E-state index in [9.17, 15) is 4.79 Å². The van der Waals surface area contributed by atoms with Gasteiger partial charge in [0.25, 0.3) is 0 Å². The van der Waals surface area contributed by atoms with Crippen LogP contribution in [0.2, 0.25) is 0 Å². The summed E-state index contributed by atoms with van der Waals surface area (Å²) in [5.41, 5.74) is 5.16. The number of thiazole rings is 1. The molecule has 0 radical (unpaired) electrons. The third kappa shape index (κ3) is 4.93. The molecule has 1 aromatic heterocycles. The summed E-state index contributed by atoms with van der Waals surface area (Å²) < 4.78 is 5.15. The first-order valence-corrected chi connectivity index (χ1v) is 10.6. The number of carbonyl (C=O) groups is 1. The lowest BCUT2D eigenvalue weighted by atomic mass is 10.1. The number of amides is 1. The van der Waals surface area contributed by atoms with Crippen LogP contribution in [0.4, 0.5) is 0 Å². The van der Waals surface area contributed by atoms with Crippen molar-refractivity contribution in [2.75, 3.05) is 7.11 Å². The summed E-state index contributed by atoms with van der Waals surface area (Å²) in [6.07, 6.45) is 0.344. The van der Waals surface area contributed by atoms with Crippen molar-refractivity contribution in [1.29, 1.82) is 0 Å². The summed E-state index contributed by atoms with van der Waals surface area (Å²) in [6, 6.07) is 25.9. The van der Waals surface area contributed by atoms with Gasteiger partial charge in [-0.3, -0.25) is 4.79 Å². The maximum atomic E-state index is 12.3. The van der Waals surface area contributed by atoms with Crippen LogP contribution in [-0.4, -0.2) is 18.0 Å². The van der Waals surface area contributed by atoms with E-state index in [1.54, 1.807) is 18.4 Å².